The molecule has 0 saturated carbocycles. The minimum atomic E-state index is -0.955. The van der Waals surface area contributed by atoms with Gasteiger partial charge in [-0.1, -0.05) is 18.2 Å². The van der Waals surface area contributed by atoms with Crippen molar-refractivity contribution in [3.63, 3.8) is 0 Å². The van der Waals surface area contributed by atoms with Crippen LogP contribution < -0.4 is 4.74 Å². The summed E-state index contributed by atoms with van der Waals surface area (Å²) in [4.78, 5) is 10.3. The van der Waals surface area contributed by atoms with Crippen molar-refractivity contribution in [2.24, 2.45) is 0 Å². The van der Waals surface area contributed by atoms with Crippen LogP contribution in [0.25, 0.3) is 6.08 Å². The molecule has 0 radical (unpaired) electrons. The number of ether oxygens (including phenoxy) is 1. The van der Waals surface area contributed by atoms with Gasteiger partial charge in [-0.25, -0.2) is 4.79 Å². The number of hydrogen-bond acceptors (Lipinski definition) is 2. The molecule has 1 aliphatic carbocycles. The summed E-state index contributed by atoms with van der Waals surface area (Å²) in [5.74, 6) is -0.335. The van der Waals surface area contributed by atoms with E-state index in [1.165, 1.54) is 11.1 Å². The number of benzene rings is 1. The van der Waals surface area contributed by atoms with Crippen LogP contribution in [0.2, 0.25) is 0 Å². The van der Waals surface area contributed by atoms with Crippen LogP contribution in [-0.2, 0) is 11.2 Å². The lowest BCUT2D eigenvalue weighted by molar-refractivity contribution is -0.139. The number of rotatable bonds is 3. The maximum atomic E-state index is 10.3. The van der Waals surface area contributed by atoms with Gasteiger partial charge in [-0.15, -0.1) is 0 Å². The van der Waals surface area contributed by atoms with E-state index in [2.05, 4.69) is 12.2 Å². The van der Waals surface area contributed by atoms with E-state index in [1.807, 2.05) is 12.1 Å². The molecule has 1 N–H and O–H groups in total. The predicted octanol–water partition coefficient (Wildman–Crippen LogP) is 1.72. The van der Waals surface area contributed by atoms with E-state index in [9.17, 15) is 4.79 Å². The Balaban J connectivity index is 2.10. The topological polar surface area (TPSA) is 46.5 Å². The molecule has 2 rings (SSSR count). The minimum Gasteiger partial charge on any atom is -0.482 e. The number of carboxylic acid groups (broad SMARTS) is 1. The fraction of sp³-hybridized carbons (Fsp3) is 0.182. The average molecular weight is 190 g/mol. The normalized spacial score (nSPS) is 12.6. The Bertz CT molecular complexity index is 394. The molecular weight excluding hydrogens is 180 g/mol. The third-order valence-corrected chi connectivity index (χ3v) is 2.11. The molecule has 0 bridgehead atoms. The van der Waals surface area contributed by atoms with E-state index in [0.717, 1.165) is 6.42 Å². The van der Waals surface area contributed by atoms with Gasteiger partial charge in [0.15, 0.2) is 6.61 Å². The monoisotopic (exact) mass is 190 g/mol. The number of carbonyl (C=O) groups is 1. The molecule has 3 nitrogen and oxygen atoms in total. The maximum Gasteiger partial charge on any atom is 0.341 e. The molecule has 0 aliphatic heterocycles. The number of carboxylic acids is 1. The largest absolute Gasteiger partial charge is 0.482 e. The Morgan fingerprint density at radius 3 is 3.14 bits per heavy atom. The van der Waals surface area contributed by atoms with Gasteiger partial charge in [0.25, 0.3) is 0 Å². The fourth-order valence-corrected chi connectivity index (χ4v) is 1.47. The molecule has 0 heterocycles. The Morgan fingerprint density at radius 1 is 1.50 bits per heavy atom. The van der Waals surface area contributed by atoms with Crippen molar-refractivity contribution in [3.05, 3.63) is 35.4 Å². The summed E-state index contributed by atoms with van der Waals surface area (Å²) in [6.45, 7) is -0.286. The first-order chi connectivity index (χ1) is 6.75. The van der Waals surface area contributed by atoms with Crippen LogP contribution in [0.15, 0.2) is 24.3 Å². The highest BCUT2D eigenvalue weighted by molar-refractivity contribution is 5.68. The molecular formula is C11H10O3. The van der Waals surface area contributed by atoms with Gasteiger partial charge >= 0.3 is 5.97 Å². The Labute approximate surface area is 81.6 Å². The Hall–Kier alpha value is -1.77. The third-order valence-electron chi connectivity index (χ3n) is 2.11. The molecule has 0 amide bonds. The number of allylic oxidation sites excluding steroid dienone is 1. The second-order valence-corrected chi connectivity index (χ2v) is 3.15. The molecule has 0 fully saturated rings. The van der Waals surface area contributed by atoms with Crippen molar-refractivity contribution in [2.75, 3.05) is 6.61 Å². The smallest absolute Gasteiger partial charge is 0.341 e. The number of fused-ring (bicyclic) bond motifs is 1. The second kappa shape index (κ2) is 3.54. The molecule has 1 aliphatic rings. The molecule has 72 valence electrons. The van der Waals surface area contributed by atoms with Gasteiger partial charge in [0.05, 0.1) is 0 Å². The van der Waals surface area contributed by atoms with E-state index < -0.39 is 5.97 Å². The van der Waals surface area contributed by atoms with Crippen molar-refractivity contribution < 1.29 is 14.6 Å². The summed E-state index contributed by atoms with van der Waals surface area (Å²) in [6.07, 6.45) is 5.03. The van der Waals surface area contributed by atoms with Crippen molar-refractivity contribution >= 4 is 12.0 Å². The standard InChI is InChI=1S/C11H10O3/c12-11(13)7-14-10-5-4-8-2-1-3-9(8)6-10/h1-2,4-6H,3,7H2,(H,12,13). The van der Waals surface area contributed by atoms with Gasteiger partial charge in [0.2, 0.25) is 0 Å². The first-order valence-corrected chi connectivity index (χ1v) is 4.40. The van der Waals surface area contributed by atoms with Crippen LogP contribution >= 0.6 is 0 Å². The summed E-state index contributed by atoms with van der Waals surface area (Å²) in [7, 11) is 0. The quantitative estimate of drug-likeness (QED) is 0.789. The van der Waals surface area contributed by atoms with Crippen molar-refractivity contribution in [1.29, 1.82) is 0 Å². The van der Waals surface area contributed by atoms with Crippen molar-refractivity contribution in [2.45, 2.75) is 6.42 Å². The van der Waals surface area contributed by atoms with Gasteiger partial charge in [0.1, 0.15) is 5.75 Å². The molecule has 1 aromatic carbocycles. The number of hydrogen-bond donors (Lipinski definition) is 1. The third kappa shape index (κ3) is 1.76. The van der Waals surface area contributed by atoms with E-state index in [1.54, 1.807) is 6.07 Å². The summed E-state index contributed by atoms with van der Waals surface area (Å²) in [6, 6.07) is 5.62. The van der Waals surface area contributed by atoms with Gasteiger partial charge in [-0.05, 0) is 29.7 Å². The zero-order valence-corrected chi connectivity index (χ0v) is 7.56. The van der Waals surface area contributed by atoms with Gasteiger partial charge in [0, 0.05) is 0 Å². The van der Waals surface area contributed by atoms with Crippen LogP contribution in [0.1, 0.15) is 11.1 Å². The second-order valence-electron chi connectivity index (χ2n) is 3.15. The first-order valence-electron chi connectivity index (χ1n) is 4.40. The highest BCUT2D eigenvalue weighted by Crippen LogP contribution is 2.24. The van der Waals surface area contributed by atoms with E-state index >= 15 is 0 Å². The summed E-state index contributed by atoms with van der Waals surface area (Å²) in [5, 5.41) is 8.43. The van der Waals surface area contributed by atoms with Crippen molar-refractivity contribution in [3.8, 4) is 5.75 Å². The molecule has 0 spiro atoms. The summed E-state index contributed by atoms with van der Waals surface area (Å²) >= 11 is 0. The lowest BCUT2D eigenvalue weighted by Crippen LogP contribution is -2.09. The molecule has 3 heteroatoms. The van der Waals surface area contributed by atoms with E-state index in [4.69, 9.17) is 9.84 Å². The first kappa shape index (κ1) is 8.81. The SMILES string of the molecule is O=C(O)COc1ccc2c(c1)CC=C2. The average Bonchev–Trinajstić information content (AvgIpc) is 2.61. The van der Waals surface area contributed by atoms with Crippen LogP contribution in [-0.4, -0.2) is 17.7 Å². The Morgan fingerprint density at radius 2 is 2.36 bits per heavy atom. The zero-order valence-electron chi connectivity index (χ0n) is 7.56. The van der Waals surface area contributed by atoms with Crippen LogP contribution in [0.3, 0.4) is 0 Å². The van der Waals surface area contributed by atoms with E-state index in [-0.39, 0.29) is 6.61 Å². The zero-order chi connectivity index (χ0) is 9.97. The maximum absolute atomic E-state index is 10.3. The van der Waals surface area contributed by atoms with Crippen molar-refractivity contribution in [1.82, 2.24) is 0 Å². The predicted molar refractivity (Wildman–Crippen MR) is 52.3 cm³/mol. The van der Waals surface area contributed by atoms with Gasteiger partial charge < -0.3 is 9.84 Å². The van der Waals surface area contributed by atoms with Gasteiger partial charge in [-0.2, -0.15) is 0 Å². The molecule has 14 heavy (non-hydrogen) atoms. The molecule has 0 saturated heterocycles. The lowest BCUT2D eigenvalue weighted by atomic mass is 10.1. The van der Waals surface area contributed by atoms with E-state index in [0.29, 0.717) is 5.75 Å². The number of aliphatic carboxylic acids is 1. The summed E-state index contributed by atoms with van der Waals surface area (Å²) in [5.41, 5.74) is 2.38. The van der Waals surface area contributed by atoms with Gasteiger partial charge in [-0.3, -0.25) is 0 Å². The fourth-order valence-electron chi connectivity index (χ4n) is 1.47. The Kier molecular flexibility index (Phi) is 2.23. The lowest BCUT2D eigenvalue weighted by Gasteiger charge is -2.05. The van der Waals surface area contributed by atoms with Crippen LogP contribution in [0.5, 0.6) is 5.75 Å². The van der Waals surface area contributed by atoms with Crippen LogP contribution in [0.4, 0.5) is 0 Å². The highest BCUT2D eigenvalue weighted by atomic mass is 16.5. The summed E-state index contributed by atoms with van der Waals surface area (Å²) < 4.78 is 5.07. The van der Waals surface area contributed by atoms with Crippen LogP contribution in [0, 0.1) is 0 Å². The molecule has 0 atom stereocenters. The molecule has 1 aromatic rings. The minimum absolute atomic E-state index is 0.286. The molecule has 0 unspecified atom stereocenters. The highest BCUT2D eigenvalue weighted by Gasteiger charge is 2.06. The molecule has 0 aromatic heterocycles.